The van der Waals surface area contributed by atoms with Gasteiger partial charge in [-0.05, 0) is 24.6 Å². The Labute approximate surface area is 148 Å². The summed E-state index contributed by atoms with van der Waals surface area (Å²) in [7, 11) is 0. The predicted octanol–water partition coefficient (Wildman–Crippen LogP) is 2.94. The van der Waals surface area contributed by atoms with Gasteiger partial charge in [0.15, 0.2) is 0 Å². The van der Waals surface area contributed by atoms with Crippen LogP contribution >= 0.6 is 15.9 Å². The Bertz CT molecular complexity index is 786. The lowest BCUT2D eigenvalue weighted by atomic mass is 10.0. The molecule has 1 aromatic rings. The summed E-state index contributed by atoms with van der Waals surface area (Å²) in [5, 5.41) is 18.2. The van der Waals surface area contributed by atoms with E-state index in [0.29, 0.717) is 22.3 Å². The van der Waals surface area contributed by atoms with Gasteiger partial charge in [0.25, 0.3) is 5.91 Å². The van der Waals surface area contributed by atoms with E-state index in [0.717, 1.165) is 12.8 Å². The van der Waals surface area contributed by atoms with E-state index >= 15 is 0 Å². The van der Waals surface area contributed by atoms with Crippen LogP contribution in [-0.2, 0) is 14.3 Å². The fourth-order valence-corrected chi connectivity index (χ4v) is 2.70. The number of nitriles is 2. The van der Waals surface area contributed by atoms with E-state index in [2.05, 4.69) is 15.9 Å². The monoisotopic (exact) mass is 387 g/mol. The molecule has 6 nitrogen and oxygen atoms in total. The molecule has 1 aliphatic heterocycles. The van der Waals surface area contributed by atoms with E-state index in [1.807, 2.05) is 6.92 Å². The molecular formula is C17H14BrN3O3. The Morgan fingerprint density at radius 1 is 1.33 bits per heavy atom. The van der Waals surface area contributed by atoms with Gasteiger partial charge in [-0.2, -0.15) is 10.5 Å². The third-order valence-electron chi connectivity index (χ3n) is 3.50. The van der Waals surface area contributed by atoms with Crippen LogP contribution < -0.4 is 4.90 Å². The molecule has 1 aliphatic rings. The van der Waals surface area contributed by atoms with Gasteiger partial charge in [-0.25, -0.2) is 0 Å². The molecule has 1 amide bonds. The third kappa shape index (κ3) is 3.47. The van der Waals surface area contributed by atoms with Gasteiger partial charge < -0.3 is 4.74 Å². The van der Waals surface area contributed by atoms with Gasteiger partial charge in [-0.15, -0.1) is 0 Å². The molecule has 0 bridgehead atoms. The van der Waals surface area contributed by atoms with Crippen LogP contribution in [0, 0.1) is 22.7 Å². The zero-order chi connectivity index (χ0) is 17.7. The molecule has 0 fully saturated rings. The fourth-order valence-electron chi connectivity index (χ4n) is 2.34. The van der Waals surface area contributed by atoms with Gasteiger partial charge in [0.1, 0.15) is 24.3 Å². The maximum Gasteiger partial charge on any atom is 0.326 e. The molecular weight excluding hydrogens is 374 g/mol. The average Bonchev–Trinajstić information content (AvgIpc) is 2.82. The zero-order valence-electron chi connectivity index (χ0n) is 13.0. The SMILES string of the molecule is CCCCOC(=O)CN1C(=O)C(=C(C#N)C#N)c2cc(Br)ccc21. The maximum absolute atomic E-state index is 12.6. The van der Waals surface area contributed by atoms with E-state index < -0.39 is 11.9 Å². The van der Waals surface area contributed by atoms with Crippen molar-refractivity contribution in [1.29, 1.82) is 10.5 Å². The number of carbonyl (C=O) groups is 2. The van der Waals surface area contributed by atoms with Crippen LogP contribution in [0.1, 0.15) is 25.3 Å². The van der Waals surface area contributed by atoms with Crippen molar-refractivity contribution >= 4 is 39.1 Å². The lowest BCUT2D eigenvalue weighted by molar-refractivity contribution is -0.142. The number of fused-ring (bicyclic) bond motifs is 1. The van der Waals surface area contributed by atoms with Crippen LogP contribution in [0.25, 0.3) is 5.57 Å². The zero-order valence-corrected chi connectivity index (χ0v) is 14.6. The van der Waals surface area contributed by atoms with Crippen molar-refractivity contribution in [3.63, 3.8) is 0 Å². The highest BCUT2D eigenvalue weighted by molar-refractivity contribution is 9.10. The first-order valence-electron chi connectivity index (χ1n) is 7.35. The molecule has 0 unspecified atom stereocenters. The second-order valence-electron chi connectivity index (χ2n) is 5.10. The van der Waals surface area contributed by atoms with Gasteiger partial charge in [0.05, 0.1) is 17.9 Å². The molecule has 0 N–H and O–H groups in total. The van der Waals surface area contributed by atoms with E-state index in [1.54, 1.807) is 30.3 Å². The molecule has 1 heterocycles. The molecule has 2 rings (SSSR count). The number of allylic oxidation sites excluding steroid dienone is 1. The Morgan fingerprint density at radius 2 is 2.04 bits per heavy atom. The van der Waals surface area contributed by atoms with Crippen LogP contribution in [0.2, 0.25) is 0 Å². The first-order valence-corrected chi connectivity index (χ1v) is 8.14. The number of benzene rings is 1. The standard InChI is InChI=1S/C17H14BrN3O3/c1-2-3-6-24-15(22)10-21-14-5-4-12(18)7-13(14)16(17(21)23)11(8-19)9-20/h4-5,7H,2-3,6,10H2,1H3. The molecule has 0 spiro atoms. The molecule has 0 atom stereocenters. The van der Waals surface area contributed by atoms with Crippen molar-refractivity contribution in [3.8, 4) is 12.1 Å². The van der Waals surface area contributed by atoms with Crippen molar-refractivity contribution in [2.45, 2.75) is 19.8 Å². The lowest BCUT2D eigenvalue weighted by Crippen LogP contribution is -2.33. The summed E-state index contributed by atoms with van der Waals surface area (Å²) >= 11 is 3.31. The van der Waals surface area contributed by atoms with Crippen LogP contribution in [0.15, 0.2) is 28.2 Å². The molecule has 122 valence electrons. The lowest BCUT2D eigenvalue weighted by Gasteiger charge is -2.16. The number of nitrogens with zero attached hydrogens (tertiary/aromatic N) is 3. The number of esters is 1. The molecule has 0 radical (unpaired) electrons. The highest BCUT2D eigenvalue weighted by Crippen LogP contribution is 2.39. The molecule has 7 heteroatoms. The van der Waals surface area contributed by atoms with Crippen molar-refractivity contribution < 1.29 is 14.3 Å². The smallest absolute Gasteiger partial charge is 0.326 e. The number of halogens is 1. The molecule has 1 aromatic carbocycles. The minimum atomic E-state index is -0.548. The van der Waals surface area contributed by atoms with Gasteiger partial charge >= 0.3 is 5.97 Å². The normalized spacial score (nSPS) is 12.4. The summed E-state index contributed by atoms with van der Waals surface area (Å²) in [5.74, 6) is -1.07. The molecule has 24 heavy (non-hydrogen) atoms. The summed E-state index contributed by atoms with van der Waals surface area (Å²) in [5.41, 5.74) is 0.668. The number of unbranched alkanes of at least 4 members (excludes halogenated alkanes) is 1. The minimum Gasteiger partial charge on any atom is -0.464 e. The second kappa shape index (κ2) is 7.76. The molecule has 0 aromatic heterocycles. The highest BCUT2D eigenvalue weighted by atomic mass is 79.9. The van der Waals surface area contributed by atoms with Crippen molar-refractivity contribution in [2.24, 2.45) is 0 Å². The second-order valence-corrected chi connectivity index (χ2v) is 6.02. The Kier molecular flexibility index (Phi) is 5.73. The van der Waals surface area contributed by atoms with Crippen LogP contribution in [0.3, 0.4) is 0 Å². The van der Waals surface area contributed by atoms with Crippen molar-refractivity contribution in [3.05, 3.63) is 33.8 Å². The minimum absolute atomic E-state index is 0.0117. The first kappa shape index (κ1) is 17.7. The third-order valence-corrected chi connectivity index (χ3v) is 3.99. The number of ether oxygens (including phenoxy) is 1. The Hall–Kier alpha value is -2.64. The van der Waals surface area contributed by atoms with Gasteiger partial charge in [-0.1, -0.05) is 29.3 Å². The summed E-state index contributed by atoms with van der Waals surface area (Å²) in [6.45, 7) is 2.02. The number of hydrogen-bond donors (Lipinski definition) is 0. The van der Waals surface area contributed by atoms with Crippen molar-refractivity contribution in [1.82, 2.24) is 0 Å². The maximum atomic E-state index is 12.6. The summed E-state index contributed by atoms with van der Waals surface area (Å²) in [4.78, 5) is 25.8. The molecule has 0 saturated heterocycles. The van der Waals surface area contributed by atoms with Gasteiger partial charge in [0, 0.05) is 10.0 Å². The number of amides is 1. The van der Waals surface area contributed by atoms with E-state index in [4.69, 9.17) is 15.3 Å². The largest absolute Gasteiger partial charge is 0.464 e. The first-order chi connectivity index (χ1) is 11.5. The molecule has 0 aliphatic carbocycles. The summed E-state index contributed by atoms with van der Waals surface area (Å²) in [6.07, 6.45) is 1.65. The van der Waals surface area contributed by atoms with Crippen LogP contribution in [0.5, 0.6) is 0 Å². The van der Waals surface area contributed by atoms with Gasteiger partial charge in [0.2, 0.25) is 0 Å². The number of anilines is 1. The number of rotatable bonds is 5. The number of hydrogen-bond acceptors (Lipinski definition) is 5. The Balaban J connectivity index is 2.38. The van der Waals surface area contributed by atoms with E-state index in [1.165, 1.54) is 4.90 Å². The number of carbonyl (C=O) groups excluding carboxylic acids is 2. The topological polar surface area (TPSA) is 94.2 Å². The van der Waals surface area contributed by atoms with E-state index in [-0.39, 0.29) is 17.7 Å². The quantitative estimate of drug-likeness (QED) is 0.335. The highest BCUT2D eigenvalue weighted by Gasteiger charge is 2.36. The predicted molar refractivity (Wildman–Crippen MR) is 90.5 cm³/mol. The fraction of sp³-hybridized carbons (Fsp3) is 0.294. The van der Waals surface area contributed by atoms with Gasteiger partial charge in [-0.3, -0.25) is 14.5 Å². The van der Waals surface area contributed by atoms with Crippen LogP contribution in [-0.4, -0.2) is 25.0 Å². The van der Waals surface area contributed by atoms with E-state index in [9.17, 15) is 9.59 Å². The Morgan fingerprint density at radius 3 is 2.67 bits per heavy atom. The average molecular weight is 388 g/mol. The summed E-state index contributed by atoms with van der Waals surface area (Å²) < 4.78 is 5.79. The molecule has 0 saturated carbocycles. The summed E-state index contributed by atoms with van der Waals surface area (Å²) in [6, 6.07) is 8.52. The van der Waals surface area contributed by atoms with Crippen LogP contribution in [0.4, 0.5) is 5.69 Å². The van der Waals surface area contributed by atoms with Crippen molar-refractivity contribution in [2.75, 3.05) is 18.1 Å².